The molecule has 5 rings (SSSR count). The van der Waals surface area contributed by atoms with Gasteiger partial charge in [0.25, 0.3) is 0 Å². The molecule has 27 heavy (non-hydrogen) atoms. The van der Waals surface area contributed by atoms with Crippen LogP contribution in [-0.2, 0) is 6.54 Å². The maximum absolute atomic E-state index is 4.88. The number of likely N-dealkylation sites (tertiary alicyclic amines) is 1. The van der Waals surface area contributed by atoms with Crippen molar-refractivity contribution in [3.05, 3.63) is 65.4 Å². The van der Waals surface area contributed by atoms with Crippen LogP contribution in [0.3, 0.4) is 0 Å². The Morgan fingerprint density at radius 2 is 1.89 bits per heavy atom. The maximum Gasteiger partial charge on any atom is 0.170 e. The number of tetrazole rings is 1. The van der Waals surface area contributed by atoms with Gasteiger partial charge in [0.1, 0.15) is 0 Å². The molecular formula is C20H20N6S. The Morgan fingerprint density at radius 3 is 2.78 bits per heavy atom. The number of aromatic nitrogens is 5. The second-order valence-electron chi connectivity index (χ2n) is 6.94. The van der Waals surface area contributed by atoms with Crippen LogP contribution in [0.1, 0.15) is 29.6 Å². The quantitative estimate of drug-likeness (QED) is 0.544. The average molecular weight is 376 g/mol. The van der Waals surface area contributed by atoms with Crippen LogP contribution < -0.4 is 0 Å². The Morgan fingerprint density at radius 1 is 1.04 bits per heavy atom. The average Bonchev–Trinajstić information content (AvgIpc) is 3.36. The van der Waals surface area contributed by atoms with Gasteiger partial charge in [0.2, 0.25) is 0 Å². The van der Waals surface area contributed by atoms with Crippen molar-refractivity contribution in [3.8, 4) is 5.69 Å². The highest BCUT2D eigenvalue weighted by Gasteiger charge is 2.25. The highest BCUT2D eigenvalue weighted by atomic mass is 32.1. The van der Waals surface area contributed by atoms with E-state index in [1.165, 1.54) is 22.5 Å². The number of thiazole rings is 1. The van der Waals surface area contributed by atoms with E-state index in [0.717, 1.165) is 36.7 Å². The molecule has 6 nitrogen and oxygen atoms in total. The molecule has 1 saturated heterocycles. The van der Waals surface area contributed by atoms with Crippen LogP contribution in [0.15, 0.2) is 54.6 Å². The summed E-state index contributed by atoms with van der Waals surface area (Å²) in [5.41, 5.74) is 2.11. The summed E-state index contributed by atoms with van der Waals surface area (Å²) >= 11 is 1.83. The van der Waals surface area contributed by atoms with Gasteiger partial charge in [-0.25, -0.2) is 4.98 Å². The third-order valence-corrected chi connectivity index (χ3v) is 6.26. The lowest BCUT2D eigenvalue weighted by Crippen LogP contribution is -2.34. The summed E-state index contributed by atoms with van der Waals surface area (Å²) in [4.78, 5) is 7.33. The number of benzene rings is 2. The zero-order chi connectivity index (χ0) is 18.1. The molecule has 0 bridgehead atoms. The fraction of sp³-hybridized carbons (Fsp3) is 0.300. The lowest BCUT2D eigenvalue weighted by Gasteiger charge is -2.31. The highest BCUT2D eigenvalue weighted by molar-refractivity contribution is 7.18. The van der Waals surface area contributed by atoms with E-state index in [2.05, 4.69) is 44.7 Å². The van der Waals surface area contributed by atoms with Crippen molar-refractivity contribution < 1.29 is 0 Å². The first kappa shape index (κ1) is 16.5. The van der Waals surface area contributed by atoms with Gasteiger partial charge in [-0.15, -0.1) is 16.4 Å². The molecule has 0 unspecified atom stereocenters. The minimum atomic E-state index is 0.484. The van der Waals surface area contributed by atoms with Gasteiger partial charge in [0.15, 0.2) is 5.82 Å². The van der Waals surface area contributed by atoms with Gasteiger partial charge in [0, 0.05) is 12.5 Å². The number of hydrogen-bond donors (Lipinski definition) is 0. The van der Waals surface area contributed by atoms with Crippen molar-refractivity contribution in [2.45, 2.75) is 25.3 Å². The molecule has 0 saturated carbocycles. The lowest BCUT2D eigenvalue weighted by molar-refractivity contribution is 0.194. The Labute approximate surface area is 161 Å². The monoisotopic (exact) mass is 376 g/mol. The first-order valence-corrected chi connectivity index (χ1v) is 10.1. The zero-order valence-electron chi connectivity index (χ0n) is 14.9. The Kier molecular flexibility index (Phi) is 4.39. The number of nitrogens with zero attached hydrogens (tertiary/aromatic N) is 6. The summed E-state index contributed by atoms with van der Waals surface area (Å²) in [5, 5.41) is 13.6. The van der Waals surface area contributed by atoms with Crippen molar-refractivity contribution in [1.29, 1.82) is 0 Å². The second kappa shape index (κ2) is 7.17. The van der Waals surface area contributed by atoms with Crippen LogP contribution in [-0.4, -0.2) is 43.2 Å². The molecular weight excluding hydrogens is 356 g/mol. The molecule has 2 aromatic heterocycles. The number of hydrogen-bond acceptors (Lipinski definition) is 6. The predicted molar refractivity (Wildman–Crippen MR) is 106 cm³/mol. The summed E-state index contributed by atoms with van der Waals surface area (Å²) in [6, 6.07) is 18.5. The third kappa shape index (κ3) is 3.36. The fourth-order valence-electron chi connectivity index (χ4n) is 3.74. The molecule has 0 amide bonds. The molecule has 1 aliphatic rings. The van der Waals surface area contributed by atoms with E-state index in [0.29, 0.717) is 5.92 Å². The smallest absolute Gasteiger partial charge is 0.170 e. The van der Waals surface area contributed by atoms with Crippen molar-refractivity contribution >= 4 is 21.6 Å². The van der Waals surface area contributed by atoms with Gasteiger partial charge in [-0.2, -0.15) is 4.68 Å². The third-order valence-electron chi connectivity index (χ3n) is 5.07. The van der Waals surface area contributed by atoms with Crippen LogP contribution in [0.25, 0.3) is 15.9 Å². The SMILES string of the molecule is c1ccc(-n2nnnc2CN2CCC[C@@H](c3nc4ccccc4s3)C2)cc1. The Bertz CT molecular complexity index is 1010. The molecule has 0 N–H and O–H groups in total. The number of para-hydroxylation sites is 2. The van der Waals surface area contributed by atoms with Crippen molar-refractivity contribution in [2.75, 3.05) is 13.1 Å². The van der Waals surface area contributed by atoms with Crippen LogP contribution in [0, 0.1) is 0 Å². The minimum absolute atomic E-state index is 0.484. The molecule has 4 aromatic rings. The van der Waals surface area contributed by atoms with Gasteiger partial charge in [0.05, 0.1) is 27.5 Å². The summed E-state index contributed by atoms with van der Waals surface area (Å²) in [5.74, 6) is 1.36. The molecule has 0 radical (unpaired) electrons. The number of rotatable bonds is 4. The minimum Gasteiger partial charge on any atom is -0.295 e. The summed E-state index contributed by atoms with van der Waals surface area (Å²) in [6.45, 7) is 2.83. The van der Waals surface area contributed by atoms with Crippen LogP contribution in [0.2, 0.25) is 0 Å². The lowest BCUT2D eigenvalue weighted by atomic mass is 9.99. The standard InChI is InChI=1S/C20H20N6S/c1-2-8-16(9-3-1)26-19(22-23-24-26)14-25-12-6-7-15(13-25)20-21-17-10-4-5-11-18(17)27-20/h1-5,8-11,15H,6-7,12-14H2/t15-/m1/s1. The summed E-state index contributed by atoms with van der Waals surface area (Å²) in [6.07, 6.45) is 2.37. The van der Waals surface area contributed by atoms with E-state index in [4.69, 9.17) is 4.98 Å². The van der Waals surface area contributed by atoms with Crippen LogP contribution >= 0.6 is 11.3 Å². The van der Waals surface area contributed by atoms with E-state index in [9.17, 15) is 0 Å². The molecule has 1 atom stereocenters. The van der Waals surface area contributed by atoms with E-state index >= 15 is 0 Å². The first-order chi connectivity index (χ1) is 13.4. The predicted octanol–water partition coefficient (Wildman–Crippen LogP) is 3.65. The largest absolute Gasteiger partial charge is 0.295 e. The van der Waals surface area contributed by atoms with Crippen LogP contribution in [0.4, 0.5) is 0 Å². The summed E-state index contributed by atoms with van der Waals surface area (Å²) in [7, 11) is 0. The molecule has 3 heterocycles. The highest BCUT2D eigenvalue weighted by Crippen LogP contribution is 2.33. The molecule has 0 spiro atoms. The second-order valence-corrected chi connectivity index (χ2v) is 8.00. The summed E-state index contributed by atoms with van der Waals surface area (Å²) < 4.78 is 3.11. The number of fused-ring (bicyclic) bond motifs is 1. The van der Waals surface area contributed by atoms with Gasteiger partial charge < -0.3 is 0 Å². The Hall–Kier alpha value is -2.64. The Balaban J connectivity index is 1.34. The van der Waals surface area contributed by atoms with E-state index in [1.54, 1.807) is 0 Å². The van der Waals surface area contributed by atoms with Crippen LogP contribution in [0.5, 0.6) is 0 Å². The molecule has 2 aromatic carbocycles. The molecule has 136 valence electrons. The van der Waals surface area contributed by atoms with Gasteiger partial charge in [-0.3, -0.25) is 4.90 Å². The van der Waals surface area contributed by atoms with Gasteiger partial charge >= 0.3 is 0 Å². The van der Waals surface area contributed by atoms with E-state index < -0.39 is 0 Å². The molecule has 1 aliphatic heterocycles. The van der Waals surface area contributed by atoms with E-state index in [-0.39, 0.29) is 0 Å². The zero-order valence-corrected chi connectivity index (χ0v) is 15.7. The van der Waals surface area contributed by atoms with Gasteiger partial charge in [-0.05, 0) is 54.1 Å². The normalized spacial score (nSPS) is 18.1. The van der Waals surface area contributed by atoms with Crippen molar-refractivity contribution in [3.63, 3.8) is 0 Å². The first-order valence-electron chi connectivity index (χ1n) is 9.27. The number of piperidine rings is 1. The van der Waals surface area contributed by atoms with Crippen molar-refractivity contribution in [2.24, 2.45) is 0 Å². The maximum atomic E-state index is 4.88. The van der Waals surface area contributed by atoms with Crippen molar-refractivity contribution in [1.82, 2.24) is 30.1 Å². The molecule has 7 heteroatoms. The van der Waals surface area contributed by atoms with Gasteiger partial charge in [-0.1, -0.05) is 30.3 Å². The fourth-order valence-corrected chi connectivity index (χ4v) is 4.83. The molecule has 1 fully saturated rings. The molecule has 0 aliphatic carbocycles. The topological polar surface area (TPSA) is 59.7 Å². The van der Waals surface area contributed by atoms with E-state index in [1.807, 2.05) is 46.4 Å².